The SMILES string of the molecule is Cc1ccccc1NC(=O)Nc1ccc(CC(=O)N[C@@H](CCCCN(CC(=O)O)Cc2ccccn2)C(=O)N[C@@H](CC=O)c2ccc3c(c2)OCO3)cc1. The highest BCUT2D eigenvalue weighted by molar-refractivity contribution is 6.00. The first-order valence-corrected chi connectivity index (χ1v) is 17.7. The molecule has 5 N–H and O–H groups in total. The summed E-state index contributed by atoms with van der Waals surface area (Å²) in [4.78, 5) is 69.0. The van der Waals surface area contributed by atoms with Crippen LogP contribution in [0.3, 0.4) is 0 Å². The van der Waals surface area contributed by atoms with Crippen LogP contribution in [-0.4, -0.2) is 71.0 Å². The number of fused-ring (bicyclic) bond motifs is 1. The number of carbonyl (C=O) groups excluding carboxylic acids is 4. The summed E-state index contributed by atoms with van der Waals surface area (Å²) in [6.45, 7) is 2.58. The molecule has 4 amide bonds. The van der Waals surface area contributed by atoms with Crippen LogP contribution in [0.25, 0.3) is 0 Å². The zero-order valence-electron chi connectivity index (χ0n) is 30.0. The van der Waals surface area contributed by atoms with Crippen molar-refractivity contribution in [1.29, 1.82) is 0 Å². The van der Waals surface area contributed by atoms with Crippen LogP contribution in [0.4, 0.5) is 16.2 Å². The highest BCUT2D eigenvalue weighted by atomic mass is 16.7. The second-order valence-corrected chi connectivity index (χ2v) is 12.9. The van der Waals surface area contributed by atoms with Crippen LogP contribution in [-0.2, 0) is 32.1 Å². The molecule has 0 bridgehead atoms. The van der Waals surface area contributed by atoms with E-state index in [4.69, 9.17) is 9.47 Å². The Morgan fingerprint density at radius 1 is 0.907 bits per heavy atom. The zero-order chi connectivity index (χ0) is 38.3. The largest absolute Gasteiger partial charge is 0.480 e. The smallest absolute Gasteiger partial charge is 0.323 e. The van der Waals surface area contributed by atoms with E-state index in [9.17, 15) is 29.1 Å². The van der Waals surface area contributed by atoms with E-state index in [-0.39, 0.29) is 32.6 Å². The molecule has 14 nitrogen and oxygen atoms in total. The molecule has 0 saturated carbocycles. The molecule has 2 atom stereocenters. The second-order valence-electron chi connectivity index (χ2n) is 12.9. The minimum atomic E-state index is -0.963. The first-order valence-electron chi connectivity index (χ1n) is 17.7. The lowest BCUT2D eigenvalue weighted by Gasteiger charge is -2.24. The summed E-state index contributed by atoms with van der Waals surface area (Å²) in [6, 6.07) is 22.8. The van der Waals surface area contributed by atoms with Gasteiger partial charge in [0, 0.05) is 30.5 Å². The fraction of sp³-hybridized carbons (Fsp3) is 0.300. The van der Waals surface area contributed by atoms with Crippen molar-refractivity contribution >= 4 is 41.5 Å². The number of pyridine rings is 1. The van der Waals surface area contributed by atoms with Gasteiger partial charge in [0.2, 0.25) is 18.6 Å². The number of nitrogens with one attached hydrogen (secondary N) is 4. The van der Waals surface area contributed by atoms with Crippen molar-refractivity contribution in [3.05, 3.63) is 114 Å². The van der Waals surface area contributed by atoms with Gasteiger partial charge >= 0.3 is 12.0 Å². The van der Waals surface area contributed by atoms with Crippen LogP contribution in [0.1, 0.15) is 54.1 Å². The number of rotatable bonds is 19. The lowest BCUT2D eigenvalue weighted by molar-refractivity contribution is -0.138. The molecule has 5 rings (SSSR count). The molecule has 0 aliphatic carbocycles. The van der Waals surface area contributed by atoms with Crippen LogP contribution >= 0.6 is 0 Å². The Bertz CT molecular complexity index is 1910. The molecule has 1 aliphatic heterocycles. The number of unbranched alkanes of at least 4 members (excludes halogenated alkanes) is 1. The van der Waals surface area contributed by atoms with Crippen LogP contribution in [0, 0.1) is 6.92 Å². The van der Waals surface area contributed by atoms with E-state index in [0.717, 1.165) is 11.3 Å². The molecule has 1 aromatic heterocycles. The van der Waals surface area contributed by atoms with E-state index < -0.39 is 35.9 Å². The highest BCUT2D eigenvalue weighted by Crippen LogP contribution is 2.34. The molecule has 2 heterocycles. The Kier molecular flexibility index (Phi) is 14.1. The summed E-state index contributed by atoms with van der Waals surface area (Å²) in [5.41, 5.74) is 4.19. The molecule has 282 valence electrons. The van der Waals surface area contributed by atoms with Gasteiger partial charge in [0.1, 0.15) is 12.3 Å². The lowest BCUT2D eigenvalue weighted by Crippen LogP contribution is -2.48. The fourth-order valence-electron chi connectivity index (χ4n) is 5.99. The normalized spacial score (nSPS) is 12.7. The summed E-state index contributed by atoms with van der Waals surface area (Å²) >= 11 is 0. The van der Waals surface area contributed by atoms with Crippen LogP contribution in [0.5, 0.6) is 11.5 Å². The minimum absolute atomic E-state index is 0.00686. The van der Waals surface area contributed by atoms with Gasteiger partial charge in [0.25, 0.3) is 0 Å². The van der Waals surface area contributed by atoms with Gasteiger partial charge in [-0.3, -0.25) is 24.3 Å². The summed E-state index contributed by atoms with van der Waals surface area (Å²) in [6.07, 6.45) is 3.63. The molecule has 0 spiro atoms. The van der Waals surface area contributed by atoms with E-state index in [0.29, 0.717) is 66.2 Å². The van der Waals surface area contributed by atoms with Gasteiger partial charge in [-0.25, -0.2) is 4.79 Å². The molecule has 1 aliphatic rings. The predicted octanol–water partition coefficient (Wildman–Crippen LogP) is 4.99. The third-order valence-corrected chi connectivity index (χ3v) is 8.76. The number of nitrogens with zero attached hydrogens (tertiary/aromatic N) is 2. The molecule has 0 fully saturated rings. The molecule has 0 saturated heterocycles. The number of ether oxygens (including phenoxy) is 2. The van der Waals surface area contributed by atoms with Gasteiger partial charge in [0.15, 0.2) is 11.5 Å². The summed E-state index contributed by atoms with van der Waals surface area (Å²) < 4.78 is 10.9. The maximum absolute atomic E-state index is 13.8. The second kappa shape index (κ2) is 19.5. The van der Waals surface area contributed by atoms with E-state index in [1.807, 2.05) is 43.3 Å². The van der Waals surface area contributed by atoms with Crippen molar-refractivity contribution in [1.82, 2.24) is 20.5 Å². The maximum Gasteiger partial charge on any atom is 0.323 e. The molecular formula is C40H44N6O8. The number of urea groups is 1. The number of hydrogen-bond acceptors (Lipinski definition) is 9. The first kappa shape index (κ1) is 38.9. The van der Waals surface area contributed by atoms with Crippen molar-refractivity contribution in [2.45, 2.75) is 57.7 Å². The maximum atomic E-state index is 13.8. The third kappa shape index (κ3) is 11.9. The van der Waals surface area contributed by atoms with E-state index in [1.54, 1.807) is 59.6 Å². The van der Waals surface area contributed by atoms with Crippen molar-refractivity contribution < 1.29 is 38.6 Å². The number of aryl methyl sites for hydroxylation is 1. The summed E-state index contributed by atoms with van der Waals surface area (Å²) in [7, 11) is 0. The van der Waals surface area contributed by atoms with Gasteiger partial charge in [-0.1, -0.05) is 42.5 Å². The Hall–Kier alpha value is -6.28. The monoisotopic (exact) mass is 736 g/mol. The summed E-state index contributed by atoms with van der Waals surface area (Å²) in [5, 5.41) is 20.8. The predicted molar refractivity (Wildman–Crippen MR) is 201 cm³/mol. The Morgan fingerprint density at radius 2 is 1.69 bits per heavy atom. The van der Waals surface area contributed by atoms with Crippen molar-refractivity contribution in [2.24, 2.45) is 0 Å². The third-order valence-electron chi connectivity index (χ3n) is 8.76. The number of aldehydes is 1. The number of amides is 4. The van der Waals surface area contributed by atoms with Crippen molar-refractivity contribution in [3.8, 4) is 11.5 Å². The van der Waals surface area contributed by atoms with Crippen LogP contribution < -0.4 is 30.7 Å². The van der Waals surface area contributed by atoms with Crippen molar-refractivity contribution in [2.75, 3.05) is 30.5 Å². The van der Waals surface area contributed by atoms with Gasteiger partial charge in [-0.2, -0.15) is 0 Å². The Labute approximate surface area is 313 Å². The van der Waals surface area contributed by atoms with Gasteiger partial charge in [0.05, 0.1) is 24.7 Å². The van der Waals surface area contributed by atoms with Gasteiger partial charge in [-0.15, -0.1) is 0 Å². The van der Waals surface area contributed by atoms with Crippen molar-refractivity contribution in [3.63, 3.8) is 0 Å². The number of benzene rings is 3. The number of aromatic nitrogens is 1. The number of hydrogen-bond donors (Lipinski definition) is 5. The lowest BCUT2D eigenvalue weighted by atomic mass is 10.0. The van der Waals surface area contributed by atoms with Crippen LogP contribution in [0.15, 0.2) is 91.1 Å². The summed E-state index contributed by atoms with van der Waals surface area (Å²) in [5.74, 6) is -0.759. The number of carboxylic acids is 1. The topological polar surface area (TPSA) is 188 Å². The molecular weight excluding hydrogens is 692 g/mol. The molecule has 14 heteroatoms. The number of carboxylic acid groups (broad SMARTS) is 1. The highest BCUT2D eigenvalue weighted by Gasteiger charge is 2.26. The number of para-hydroxylation sites is 1. The molecule has 4 aromatic rings. The number of anilines is 2. The first-order chi connectivity index (χ1) is 26.2. The van der Waals surface area contributed by atoms with E-state index in [2.05, 4.69) is 26.3 Å². The Balaban J connectivity index is 1.22. The number of carbonyl (C=O) groups is 5. The number of aliphatic carboxylic acids is 1. The Morgan fingerprint density at radius 3 is 2.43 bits per heavy atom. The molecule has 0 radical (unpaired) electrons. The fourth-order valence-corrected chi connectivity index (χ4v) is 5.99. The average molecular weight is 737 g/mol. The molecule has 3 aromatic carbocycles. The zero-order valence-corrected chi connectivity index (χ0v) is 30.0. The standard InChI is InChI=1S/C40H44N6O8/c1-27-8-2-3-10-32(27)45-40(52)42-30-15-12-28(13-16-30)22-37(48)43-34(11-5-7-20-46(25-38(49)50)24-31-9-4-6-19-41-31)39(51)44-33(18-21-47)29-14-17-35-36(23-29)54-26-53-35/h2-4,6,8-10,12-17,19,21,23,33-34H,5,7,11,18,20,22,24-26H2,1H3,(H,43,48)(H,44,51)(H,49,50)(H2,42,45,52)/t33-,34-/m0/s1. The minimum Gasteiger partial charge on any atom is -0.480 e. The average Bonchev–Trinajstić information content (AvgIpc) is 3.63. The quantitative estimate of drug-likeness (QED) is 0.0648. The van der Waals surface area contributed by atoms with E-state index >= 15 is 0 Å². The van der Waals surface area contributed by atoms with Crippen LogP contribution in [0.2, 0.25) is 0 Å². The molecule has 0 unspecified atom stereocenters. The van der Waals surface area contributed by atoms with E-state index in [1.165, 1.54) is 0 Å². The van der Waals surface area contributed by atoms with Gasteiger partial charge < -0.3 is 40.6 Å². The van der Waals surface area contributed by atoms with Gasteiger partial charge in [-0.05, 0) is 91.9 Å². The molecule has 54 heavy (non-hydrogen) atoms.